The van der Waals surface area contributed by atoms with Crippen molar-refractivity contribution in [3.8, 4) is 5.75 Å². The Morgan fingerprint density at radius 1 is 0.921 bits per heavy atom. The third kappa shape index (κ3) is 5.26. The molecule has 0 aromatic heterocycles. The first kappa shape index (κ1) is 25.9. The number of ether oxygens (including phenoxy) is 3. The van der Waals surface area contributed by atoms with E-state index >= 15 is 0 Å². The van der Waals surface area contributed by atoms with Crippen molar-refractivity contribution in [1.82, 2.24) is 0 Å². The highest BCUT2D eigenvalue weighted by Gasteiger charge is 2.44. The molecule has 38 heavy (non-hydrogen) atoms. The molecule has 1 unspecified atom stereocenters. The maximum absolute atomic E-state index is 14.2. The molecule has 3 aliphatic heterocycles. The summed E-state index contributed by atoms with van der Waals surface area (Å²) in [5.41, 5.74) is 3.49. The van der Waals surface area contributed by atoms with Crippen molar-refractivity contribution in [3.63, 3.8) is 0 Å². The number of nitrogens with zero attached hydrogens (tertiary/aromatic N) is 2. The number of aryl methyl sites for hydroxylation is 1. The topological polar surface area (TPSA) is 88.5 Å². The number of aliphatic hydroxyl groups is 1. The lowest BCUT2D eigenvalue weighted by Crippen LogP contribution is -2.45. The molecule has 2 aromatic carbocycles. The molecule has 0 spiro atoms. The fourth-order valence-corrected chi connectivity index (χ4v) is 7.86. The van der Waals surface area contributed by atoms with Crippen LogP contribution in [0.5, 0.6) is 5.75 Å². The highest BCUT2D eigenvalue weighted by molar-refractivity contribution is 7.92. The first-order valence-corrected chi connectivity index (χ1v) is 15.4. The minimum Gasteiger partial charge on any atom is -0.493 e. The van der Waals surface area contributed by atoms with Crippen molar-refractivity contribution in [1.29, 1.82) is 0 Å². The second-order valence-electron chi connectivity index (χ2n) is 11.0. The molecule has 1 N–H and O–H groups in total. The molecule has 1 saturated carbocycles. The van der Waals surface area contributed by atoms with Crippen LogP contribution in [-0.4, -0.2) is 65.7 Å². The molecule has 9 heteroatoms. The number of benzene rings is 2. The second-order valence-corrected chi connectivity index (χ2v) is 12.8. The average Bonchev–Trinajstić information content (AvgIpc) is 3.81. The molecule has 0 bridgehead atoms. The summed E-state index contributed by atoms with van der Waals surface area (Å²) in [5.74, 6) is 1.35. The molecule has 206 valence electrons. The molecule has 0 radical (unpaired) electrons. The summed E-state index contributed by atoms with van der Waals surface area (Å²) in [6, 6.07) is 11.1. The van der Waals surface area contributed by atoms with Crippen LogP contribution in [0.3, 0.4) is 0 Å². The largest absolute Gasteiger partial charge is 0.493 e. The van der Waals surface area contributed by atoms with Gasteiger partial charge >= 0.3 is 0 Å². The Balaban J connectivity index is 1.29. The summed E-state index contributed by atoms with van der Waals surface area (Å²) in [7, 11) is -3.84. The minimum absolute atomic E-state index is 0.0382. The van der Waals surface area contributed by atoms with Gasteiger partial charge in [0.05, 0.1) is 37.0 Å². The van der Waals surface area contributed by atoms with Gasteiger partial charge in [-0.25, -0.2) is 8.42 Å². The van der Waals surface area contributed by atoms with Gasteiger partial charge in [0.25, 0.3) is 10.0 Å². The maximum Gasteiger partial charge on any atom is 0.264 e. The van der Waals surface area contributed by atoms with Crippen LogP contribution >= 0.6 is 0 Å². The van der Waals surface area contributed by atoms with Gasteiger partial charge < -0.3 is 24.2 Å². The van der Waals surface area contributed by atoms with Crippen molar-refractivity contribution in [2.45, 2.75) is 56.1 Å². The summed E-state index contributed by atoms with van der Waals surface area (Å²) in [6.45, 7) is 4.86. The lowest BCUT2D eigenvalue weighted by Gasteiger charge is -2.39. The Labute approximate surface area is 225 Å². The van der Waals surface area contributed by atoms with E-state index in [9.17, 15) is 13.5 Å². The number of morpholine rings is 1. The highest BCUT2D eigenvalue weighted by Crippen LogP contribution is 2.46. The van der Waals surface area contributed by atoms with E-state index in [1.165, 1.54) is 0 Å². The van der Waals surface area contributed by atoms with Gasteiger partial charge in [-0.3, -0.25) is 4.31 Å². The van der Waals surface area contributed by atoms with Gasteiger partial charge in [0, 0.05) is 43.6 Å². The summed E-state index contributed by atoms with van der Waals surface area (Å²) >= 11 is 0. The molecule has 6 rings (SSSR count). The van der Waals surface area contributed by atoms with Gasteiger partial charge in [-0.05, 0) is 92.3 Å². The predicted octanol–water partition coefficient (Wildman–Crippen LogP) is 3.74. The Morgan fingerprint density at radius 3 is 2.42 bits per heavy atom. The zero-order valence-electron chi connectivity index (χ0n) is 21.9. The fraction of sp³-hybridized carbons (Fsp3) is 0.586. The normalized spacial score (nSPS) is 22.8. The fourth-order valence-electron chi connectivity index (χ4n) is 6.04. The third-order valence-electron chi connectivity index (χ3n) is 8.43. The highest BCUT2D eigenvalue weighted by atomic mass is 32.2. The van der Waals surface area contributed by atoms with E-state index in [-0.39, 0.29) is 17.5 Å². The lowest BCUT2D eigenvalue weighted by molar-refractivity contribution is 0.0494. The van der Waals surface area contributed by atoms with E-state index < -0.39 is 10.0 Å². The van der Waals surface area contributed by atoms with Crippen molar-refractivity contribution in [2.24, 2.45) is 11.8 Å². The molecule has 1 aliphatic carbocycles. The molecule has 2 saturated heterocycles. The van der Waals surface area contributed by atoms with Crippen LogP contribution in [0.1, 0.15) is 43.2 Å². The molecule has 2 aromatic rings. The van der Waals surface area contributed by atoms with Crippen LogP contribution in [0.25, 0.3) is 0 Å². The van der Waals surface area contributed by atoms with Gasteiger partial charge in [-0.15, -0.1) is 0 Å². The van der Waals surface area contributed by atoms with Crippen molar-refractivity contribution >= 4 is 21.4 Å². The van der Waals surface area contributed by atoms with E-state index in [0.717, 1.165) is 81.8 Å². The number of aliphatic hydroxyl groups excluding tert-OH is 1. The quantitative estimate of drug-likeness (QED) is 0.544. The standard InChI is InChI=1S/C29H38N2O6S/c32-19-24-18-26(5-8-29(24)37-20-21-9-13-35-14-10-21)38(33,34)31-27(22-1-2-22)6-3-23-17-25(4-7-28(23)31)30-11-15-36-16-12-30/h4-5,7-8,17-18,21-22,27,32H,1-3,6,9-16,19-20H2. The molecular formula is C29H38N2O6S. The van der Waals surface area contributed by atoms with Crippen molar-refractivity contribution in [3.05, 3.63) is 47.5 Å². The van der Waals surface area contributed by atoms with E-state index in [0.29, 0.717) is 43.0 Å². The van der Waals surface area contributed by atoms with E-state index in [2.05, 4.69) is 11.0 Å². The van der Waals surface area contributed by atoms with Gasteiger partial charge in [-0.2, -0.15) is 0 Å². The Hall–Kier alpha value is -2.33. The Morgan fingerprint density at radius 2 is 1.68 bits per heavy atom. The van der Waals surface area contributed by atoms with Crippen LogP contribution in [0.4, 0.5) is 11.4 Å². The van der Waals surface area contributed by atoms with E-state index in [1.807, 2.05) is 12.1 Å². The number of rotatable bonds is 8. The average molecular weight is 543 g/mol. The van der Waals surface area contributed by atoms with Crippen molar-refractivity contribution in [2.75, 3.05) is 55.3 Å². The Bertz CT molecular complexity index is 1240. The smallest absolute Gasteiger partial charge is 0.264 e. The second kappa shape index (κ2) is 11.0. The Kier molecular flexibility index (Phi) is 7.53. The minimum atomic E-state index is -3.84. The monoisotopic (exact) mass is 542 g/mol. The molecule has 1 atom stereocenters. The van der Waals surface area contributed by atoms with Gasteiger partial charge in [0.15, 0.2) is 0 Å². The first-order chi connectivity index (χ1) is 18.5. The lowest BCUT2D eigenvalue weighted by atomic mass is 9.94. The zero-order chi connectivity index (χ0) is 26.1. The van der Waals surface area contributed by atoms with Gasteiger partial charge in [0.1, 0.15) is 5.75 Å². The first-order valence-electron chi connectivity index (χ1n) is 14.0. The molecule has 3 fully saturated rings. The number of hydrogen-bond acceptors (Lipinski definition) is 7. The van der Waals surface area contributed by atoms with Crippen LogP contribution in [0.15, 0.2) is 41.3 Å². The van der Waals surface area contributed by atoms with Gasteiger partial charge in [0.2, 0.25) is 0 Å². The summed E-state index contributed by atoms with van der Waals surface area (Å²) in [4.78, 5) is 2.51. The summed E-state index contributed by atoms with van der Waals surface area (Å²) in [6.07, 6.45) is 5.73. The molecule has 8 nitrogen and oxygen atoms in total. The van der Waals surface area contributed by atoms with Gasteiger partial charge in [-0.1, -0.05) is 0 Å². The van der Waals surface area contributed by atoms with E-state index in [4.69, 9.17) is 14.2 Å². The zero-order valence-corrected chi connectivity index (χ0v) is 22.7. The van der Waals surface area contributed by atoms with Crippen LogP contribution in [0.2, 0.25) is 0 Å². The number of anilines is 2. The molecule has 3 heterocycles. The van der Waals surface area contributed by atoms with E-state index in [1.54, 1.807) is 22.5 Å². The maximum atomic E-state index is 14.2. The van der Waals surface area contributed by atoms with Crippen molar-refractivity contribution < 1.29 is 27.7 Å². The summed E-state index contributed by atoms with van der Waals surface area (Å²) < 4.78 is 47.1. The van der Waals surface area contributed by atoms with Crippen LogP contribution < -0.4 is 13.9 Å². The SMILES string of the molecule is O=S(=O)(c1ccc(OCC2CCOCC2)c(CO)c1)N1c2ccc(N3CCOCC3)cc2CCC1C1CC1. The number of sulfonamides is 1. The molecular weight excluding hydrogens is 504 g/mol. The number of hydrogen-bond donors (Lipinski definition) is 1. The molecule has 4 aliphatic rings. The van der Waals surface area contributed by atoms with Crippen LogP contribution in [-0.2, 0) is 32.5 Å². The van der Waals surface area contributed by atoms with Crippen LogP contribution in [0, 0.1) is 11.8 Å². The molecule has 0 amide bonds. The number of fused-ring (bicyclic) bond motifs is 1. The predicted molar refractivity (Wildman–Crippen MR) is 145 cm³/mol. The third-order valence-corrected chi connectivity index (χ3v) is 10.3. The summed E-state index contributed by atoms with van der Waals surface area (Å²) in [5, 5.41) is 10.1.